The van der Waals surface area contributed by atoms with Crippen molar-refractivity contribution in [2.24, 2.45) is 0 Å². The predicted molar refractivity (Wildman–Crippen MR) is 64.4 cm³/mol. The quantitative estimate of drug-likeness (QED) is 0.770. The molecule has 0 atom stereocenters. The van der Waals surface area contributed by atoms with Crippen LogP contribution in [-0.2, 0) is 11.3 Å². The Kier molecular flexibility index (Phi) is 4.35. The average molecular weight is 268 g/mol. The zero-order valence-corrected chi connectivity index (χ0v) is 10.4. The number of carbonyl (C=O) groups excluding carboxylic acids is 1. The van der Waals surface area contributed by atoms with Gasteiger partial charge < -0.3 is 19.8 Å². The molecule has 1 aromatic heterocycles. The molecule has 2 amide bonds. The number of aromatic nitrogens is 1. The van der Waals surface area contributed by atoms with Gasteiger partial charge in [-0.15, -0.1) is 0 Å². The van der Waals surface area contributed by atoms with E-state index >= 15 is 0 Å². The maximum absolute atomic E-state index is 11.8. The largest absolute Gasteiger partial charge is 0.480 e. The van der Waals surface area contributed by atoms with Gasteiger partial charge >= 0.3 is 12.0 Å². The van der Waals surface area contributed by atoms with E-state index in [2.05, 4.69) is 15.0 Å². The lowest BCUT2D eigenvalue weighted by Crippen LogP contribution is -2.52. The molecule has 0 radical (unpaired) electrons. The summed E-state index contributed by atoms with van der Waals surface area (Å²) in [6, 6.07) is 1.52. The van der Waals surface area contributed by atoms with Crippen LogP contribution in [0.25, 0.3) is 0 Å². The number of aliphatic carboxylic acids is 1. The molecule has 0 bridgehead atoms. The number of carboxylic acids is 1. The highest BCUT2D eigenvalue weighted by Gasteiger charge is 2.22. The summed E-state index contributed by atoms with van der Waals surface area (Å²) in [4.78, 5) is 25.9. The third kappa shape index (κ3) is 3.95. The monoisotopic (exact) mass is 268 g/mol. The van der Waals surface area contributed by atoms with Crippen LogP contribution in [0.4, 0.5) is 4.79 Å². The van der Waals surface area contributed by atoms with Gasteiger partial charge in [-0.05, 0) is 0 Å². The van der Waals surface area contributed by atoms with Crippen LogP contribution in [0.15, 0.2) is 16.9 Å². The molecule has 2 heterocycles. The molecule has 0 aromatic carbocycles. The number of hydrogen-bond donors (Lipinski definition) is 2. The van der Waals surface area contributed by atoms with Gasteiger partial charge in [0.15, 0.2) is 0 Å². The fourth-order valence-corrected chi connectivity index (χ4v) is 1.91. The molecule has 2 rings (SSSR count). The lowest BCUT2D eigenvalue weighted by molar-refractivity contribution is -0.138. The summed E-state index contributed by atoms with van der Waals surface area (Å²) < 4.78 is 4.67. The summed E-state index contributed by atoms with van der Waals surface area (Å²) in [5, 5.41) is 15.1. The Morgan fingerprint density at radius 1 is 1.37 bits per heavy atom. The predicted octanol–water partition coefficient (Wildman–Crippen LogP) is -0.414. The van der Waals surface area contributed by atoms with E-state index in [0.717, 1.165) is 0 Å². The lowest BCUT2D eigenvalue weighted by atomic mass is 10.3. The van der Waals surface area contributed by atoms with E-state index in [1.807, 2.05) is 4.90 Å². The molecule has 1 aliphatic heterocycles. The number of amides is 2. The van der Waals surface area contributed by atoms with E-state index < -0.39 is 5.97 Å². The first kappa shape index (κ1) is 13.3. The number of carboxylic acid groups (broad SMARTS) is 1. The van der Waals surface area contributed by atoms with Crippen LogP contribution in [0.1, 0.15) is 5.69 Å². The summed E-state index contributed by atoms with van der Waals surface area (Å²) in [6.45, 7) is 2.54. The molecule has 8 heteroatoms. The van der Waals surface area contributed by atoms with Gasteiger partial charge in [0.2, 0.25) is 0 Å². The van der Waals surface area contributed by atoms with Crippen molar-refractivity contribution < 1.29 is 19.2 Å². The van der Waals surface area contributed by atoms with E-state index in [-0.39, 0.29) is 12.6 Å². The van der Waals surface area contributed by atoms with Crippen molar-refractivity contribution in [3.05, 3.63) is 18.0 Å². The highest BCUT2D eigenvalue weighted by atomic mass is 16.5. The second-order valence-electron chi connectivity index (χ2n) is 4.31. The van der Waals surface area contributed by atoms with Crippen molar-refractivity contribution in [3.63, 3.8) is 0 Å². The molecule has 1 aromatic rings. The van der Waals surface area contributed by atoms with Crippen molar-refractivity contribution in [1.82, 2.24) is 20.3 Å². The summed E-state index contributed by atoms with van der Waals surface area (Å²) in [6.07, 6.45) is 1.45. The topological polar surface area (TPSA) is 98.9 Å². The number of hydrogen-bond acceptors (Lipinski definition) is 5. The summed E-state index contributed by atoms with van der Waals surface area (Å²) in [7, 11) is 0. The molecule has 19 heavy (non-hydrogen) atoms. The van der Waals surface area contributed by atoms with E-state index in [4.69, 9.17) is 5.11 Å². The van der Waals surface area contributed by atoms with E-state index in [1.54, 1.807) is 11.0 Å². The highest BCUT2D eigenvalue weighted by molar-refractivity contribution is 5.74. The maximum atomic E-state index is 11.8. The number of nitrogens with one attached hydrogen (secondary N) is 1. The molecule has 0 spiro atoms. The first-order chi connectivity index (χ1) is 9.15. The Morgan fingerprint density at radius 2 is 2.11 bits per heavy atom. The van der Waals surface area contributed by atoms with Crippen molar-refractivity contribution in [2.75, 3.05) is 32.7 Å². The molecule has 0 aliphatic carbocycles. The van der Waals surface area contributed by atoms with Crippen molar-refractivity contribution in [3.8, 4) is 0 Å². The second kappa shape index (κ2) is 6.19. The number of piperazine rings is 1. The molecule has 2 N–H and O–H groups in total. The molecule has 1 saturated heterocycles. The van der Waals surface area contributed by atoms with Gasteiger partial charge in [0, 0.05) is 32.2 Å². The number of carbonyl (C=O) groups is 2. The summed E-state index contributed by atoms with van der Waals surface area (Å²) in [5.41, 5.74) is 0.665. The van der Waals surface area contributed by atoms with Crippen LogP contribution >= 0.6 is 0 Å². The maximum Gasteiger partial charge on any atom is 0.317 e. The molecular formula is C11H16N4O4. The summed E-state index contributed by atoms with van der Waals surface area (Å²) in [5.74, 6) is -0.844. The number of rotatable bonds is 4. The van der Waals surface area contributed by atoms with Crippen LogP contribution in [0.2, 0.25) is 0 Å². The van der Waals surface area contributed by atoms with Gasteiger partial charge in [-0.25, -0.2) is 4.79 Å². The Labute approximate surface area is 109 Å². The fraction of sp³-hybridized carbons (Fsp3) is 0.545. The van der Waals surface area contributed by atoms with E-state index in [9.17, 15) is 9.59 Å². The molecule has 0 unspecified atom stereocenters. The van der Waals surface area contributed by atoms with Crippen LogP contribution < -0.4 is 5.32 Å². The molecule has 104 valence electrons. The second-order valence-corrected chi connectivity index (χ2v) is 4.31. The minimum absolute atomic E-state index is 0.0222. The van der Waals surface area contributed by atoms with Crippen LogP contribution in [0.5, 0.6) is 0 Å². The van der Waals surface area contributed by atoms with Gasteiger partial charge in [-0.2, -0.15) is 0 Å². The highest BCUT2D eigenvalue weighted by Crippen LogP contribution is 2.02. The van der Waals surface area contributed by atoms with Crippen LogP contribution in [0, 0.1) is 0 Å². The van der Waals surface area contributed by atoms with E-state index in [1.165, 1.54) is 6.26 Å². The standard InChI is InChI=1S/C11H16N4O4/c16-10(17)8-14-2-4-15(5-3-14)11(18)12-7-9-1-6-19-13-9/h1,6H,2-5,7-8H2,(H,12,18)(H,16,17). The van der Waals surface area contributed by atoms with Crippen molar-refractivity contribution >= 4 is 12.0 Å². The van der Waals surface area contributed by atoms with Gasteiger partial charge in [0.1, 0.15) is 12.0 Å². The smallest absolute Gasteiger partial charge is 0.317 e. The minimum atomic E-state index is -0.844. The molecule has 8 nitrogen and oxygen atoms in total. The third-order valence-electron chi connectivity index (χ3n) is 2.93. The number of nitrogens with zero attached hydrogens (tertiary/aromatic N) is 3. The van der Waals surface area contributed by atoms with Crippen molar-refractivity contribution in [1.29, 1.82) is 0 Å². The molecular weight excluding hydrogens is 252 g/mol. The SMILES string of the molecule is O=C(O)CN1CCN(C(=O)NCc2ccon2)CC1. The van der Waals surface area contributed by atoms with Crippen LogP contribution in [-0.4, -0.2) is 64.8 Å². The minimum Gasteiger partial charge on any atom is -0.480 e. The van der Waals surface area contributed by atoms with Crippen molar-refractivity contribution in [2.45, 2.75) is 6.54 Å². The van der Waals surface area contributed by atoms with Gasteiger partial charge in [-0.1, -0.05) is 5.16 Å². The van der Waals surface area contributed by atoms with Gasteiger partial charge in [0.25, 0.3) is 0 Å². The zero-order chi connectivity index (χ0) is 13.7. The molecule has 0 saturated carbocycles. The zero-order valence-electron chi connectivity index (χ0n) is 10.4. The Morgan fingerprint density at radius 3 is 2.68 bits per heavy atom. The first-order valence-corrected chi connectivity index (χ1v) is 6.01. The Balaban J connectivity index is 1.71. The van der Waals surface area contributed by atoms with E-state index in [0.29, 0.717) is 38.4 Å². The van der Waals surface area contributed by atoms with Crippen LogP contribution in [0.3, 0.4) is 0 Å². The average Bonchev–Trinajstić information content (AvgIpc) is 2.89. The van der Waals surface area contributed by atoms with Gasteiger partial charge in [-0.3, -0.25) is 9.69 Å². The Hall–Kier alpha value is -2.09. The number of urea groups is 1. The normalized spacial score (nSPS) is 16.3. The summed E-state index contributed by atoms with van der Waals surface area (Å²) >= 11 is 0. The molecule has 1 aliphatic rings. The van der Waals surface area contributed by atoms with Gasteiger partial charge in [0.05, 0.1) is 13.1 Å². The first-order valence-electron chi connectivity index (χ1n) is 6.01. The third-order valence-corrected chi connectivity index (χ3v) is 2.93. The Bertz CT molecular complexity index is 426. The molecule has 1 fully saturated rings. The fourth-order valence-electron chi connectivity index (χ4n) is 1.91. The lowest BCUT2D eigenvalue weighted by Gasteiger charge is -2.33.